The van der Waals surface area contributed by atoms with Gasteiger partial charge in [-0.25, -0.2) is 0 Å². The topological polar surface area (TPSA) is 155 Å². The summed E-state index contributed by atoms with van der Waals surface area (Å²) in [6, 6.07) is 10.1. The van der Waals surface area contributed by atoms with Crippen molar-refractivity contribution in [1.29, 1.82) is 0 Å². The zero-order chi connectivity index (χ0) is 30.0. The molecule has 0 bridgehead atoms. The van der Waals surface area contributed by atoms with Crippen LogP contribution >= 0.6 is 0 Å². The molecule has 2 aromatic carbocycles. The monoisotopic (exact) mass is 560 g/mol. The Hall–Kier alpha value is -3.69. The number of nitrogens with zero attached hydrogens (tertiary/aromatic N) is 1. The lowest BCUT2D eigenvalue weighted by Crippen LogP contribution is -2.74. The standard InChI is InChI=1S/C32H36N2O7/c1-15(2)5-6-16-7-9-17(10-8-16)19-11-12-22(35)24-20(19)13-18-14-21-26(34(3)4)28(37)25(31(33)40)30(39)32(21,41)29(38)23(18)27(24)36/h7-12,15,18,21,23,25-26,35,41H,5-6,13-14H2,1-4H3,(H2,33,40)/t18-,21-,23?,25?,26?,32-/m1/s1. The predicted molar refractivity (Wildman–Crippen MR) is 150 cm³/mol. The maximum atomic E-state index is 13.9. The molecule has 2 saturated carbocycles. The van der Waals surface area contributed by atoms with E-state index in [-0.39, 0.29) is 24.2 Å². The minimum Gasteiger partial charge on any atom is -0.507 e. The molecule has 41 heavy (non-hydrogen) atoms. The summed E-state index contributed by atoms with van der Waals surface area (Å²) < 4.78 is 0. The van der Waals surface area contributed by atoms with Crippen LogP contribution in [0.15, 0.2) is 36.4 Å². The number of hydrogen-bond acceptors (Lipinski definition) is 8. The Balaban J connectivity index is 1.57. The van der Waals surface area contributed by atoms with E-state index in [9.17, 15) is 34.2 Å². The summed E-state index contributed by atoms with van der Waals surface area (Å²) in [5, 5.41) is 22.5. The molecular formula is C32H36N2O7. The lowest BCUT2D eigenvalue weighted by Gasteiger charge is -2.52. The average Bonchev–Trinajstić information content (AvgIpc) is 2.89. The number of carbonyl (C=O) groups excluding carboxylic acids is 5. The van der Waals surface area contributed by atoms with Crippen LogP contribution in [-0.2, 0) is 32.0 Å². The van der Waals surface area contributed by atoms with E-state index in [2.05, 4.69) is 13.8 Å². The second-order valence-corrected chi connectivity index (χ2v) is 12.4. The van der Waals surface area contributed by atoms with Gasteiger partial charge in [-0.3, -0.25) is 28.9 Å². The minimum absolute atomic E-state index is 0.00187. The van der Waals surface area contributed by atoms with Crippen LogP contribution in [0.4, 0.5) is 0 Å². The molecule has 2 fully saturated rings. The second kappa shape index (κ2) is 10.3. The van der Waals surface area contributed by atoms with Crippen molar-refractivity contribution < 1.29 is 34.2 Å². The van der Waals surface area contributed by atoms with Crippen LogP contribution in [0.3, 0.4) is 0 Å². The van der Waals surface area contributed by atoms with Gasteiger partial charge in [0.2, 0.25) is 5.91 Å². The molecule has 216 valence electrons. The first kappa shape index (κ1) is 28.8. The van der Waals surface area contributed by atoms with Gasteiger partial charge in [0.1, 0.15) is 5.75 Å². The highest BCUT2D eigenvalue weighted by Crippen LogP contribution is 2.51. The van der Waals surface area contributed by atoms with Crippen LogP contribution in [0.5, 0.6) is 5.75 Å². The number of fused-ring (bicyclic) bond motifs is 3. The largest absolute Gasteiger partial charge is 0.507 e. The molecule has 0 heterocycles. The van der Waals surface area contributed by atoms with Crippen molar-refractivity contribution in [2.45, 2.75) is 51.2 Å². The Morgan fingerprint density at radius 2 is 1.71 bits per heavy atom. The lowest BCUT2D eigenvalue weighted by atomic mass is 9.52. The number of likely N-dealkylation sites (N-methyl/N-ethyl adjacent to an activating group) is 1. The van der Waals surface area contributed by atoms with Gasteiger partial charge in [0.15, 0.2) is 34.7 Å². The van der Waals surface area contributed by atoms with Crippen LogP contribution in [0, 0.1) is 29.6 Å². The van der Waals surface area contributed by atoms with Gasteiger partial charge >= 0.3 is 0 Å². The molecule has 0 saturated heterocycles. The first-order valence-corrected chi connectivity index (χ1v) is 14.1. The summed E-state index contributed by atoms with van der Waals surface area (Å²) in [6.07, 6.45) is 2.26. The minimum atomic E-state index is -2.73. The van der Waals surface area contributed by atoms with Gasteiger partial charge in [0, 0.05) is 5.92 Å². The van der Waals surface area contributed by atoms with Crippen molar-refractivity contribution in [2.24, 2.45) is 35.3 Å². The molecule has 0 radical (unpaired) electrons. The molecule has 3 aliphatic rings. The van der Waals surface area contributed by atoms with Crippen molar-refractivity contribution in [1.82, 2.24) is 4.90 Å². The molecule has 9 heteroatoms. The zero-order valence-corrected chi connectivity index (χ0v) is 23.7. The molecular weight excluding hydrogens is 524 g/mol. The highest BCUT2D eigenvalue weighted by atomic mass is 16.3. The van der Waals surface area contributed by atoms with Gasteiger partial charge in [-0.1, -0.05) is 44.2 Å². The van der Waals surface area contributed by atoms with Crippen LogP contribution in [0.2, 0.25) is 0 Å². The fourth-order valence-electron chi connectivity index (χ4n) is 7.18. The number of aryl methyl sites for hydroxylation is 1. The van der Waals surface area contributed by atoms with E-state index in [0.29, 0.717) is 11.5 Å². The number of primary amides is 1. The summed E-state index contributed by atoms with van der Waals surface area (Å²) >= 11 is 0. The number of ketones is 4. The van der Waals surface area contributed by atoms with Gasteiger partial charge in [-0.05, 0) is 79.9 Å². The van der Waals surface area contributed by atoms with E-state index in [1.54, 1.807) is 20.2 Å². The van der Waals surface area contributed by atoms with Crippen LogP contribution in [0.25, 0.3) is 11.1 Å². The van der Waals surface area contributed by atoms with E-state index in [1.165, 1.54) is 16.5 Å². The third-order valence-electron chi connectivity index (χ3n) is 9.22. The Labute approximate surface area is 238 Å². The van der Waals surface area contributed by atoms with Crippen molar-refractivity contribution in [3.63, 3.8) is 0 Å². The summed E-state index contributed by atoms with van der Waals surface area (Å²) in [7, 11) is 3.13. The summed E-state index contributed by atoms with van der Waals surface area (Å²) in [5.41, 5.74) is 6.04. The number of aromatic hydroxyl groups is 1. The molecule has 2 aromatic rings. The number of Topliss-reactive ketones (excluding diaryl/α,β-unsaturated/α-hetero) is 4. The normalized spacial score (nSPS) is 29.4. The van der Waals surface area contributed by atoms with Gasteiger partial charge in [0.25, 0.3) is 0 Å². The Morgan fingerprint density at radius 3 is 2.29 bits per heavy atom. The van der Waals surface area contributed by atoms with E-state index < -0.39 is 64.4 Å². The molecule has 6 atom stereocenters. The molecule has 3 unspecified atom stereocenters. The fourth-order valence-corrected chi connectivity index (χ4v) is 7.18. The molecule has 9 nitrogen and oxygen atoms in total. The van der Waals surface area contributed by atoms with Crippen LogP contribution in [0.1, 0.15) is 48.2 Å². The first-order valence-electron chi connectivity index (χ1n) is 14.1. The fraction of sp³-hybridized carbons (Fsp3) is 0.469. The number of aliphatic hydroxyl groups is 1. The number of nitrogens with two attached hydrogens (primary N) is 1. The number of benzene rings is 2. The number of phenolic OH excluding ortho intramolecular Hbond substituents is 1. The Kier molecular flexibility index (Phi) is 7.24. The van der Waals surface area contributed by atoms with Gasteiger partial charge in [-0.15, -0.1) is 0 Å². The molecule has 0 aromatic heterocycles. The van der Waals surface area contributed by atoms with E-state index >= 15 is 0 Å². The number of carbonyl (C=O) groups is 5. The highest BCUT2D eigenvalue weighted by Gasteiger charge is 2.69. The first-order chi connectivity index (χ1) is 19.3. The van der Waals surface area contributed by atoms with Crippen LogP contribution < -0.4 is 5.73 Å². The van der Waals surface area contributed by atoms with E-state index in [0.717, 1.165) is 24.0 Å². The highest BCUT2D eigenvalue weighted by molar-refractivity contribution is 6.32. The second-order valence-electron chi connectivity index (χ2n) is 12.4. The van der Waals surface area contributed by atoms with Crippen LogP contribution in [-0.4, -0.2) is 69.9 Å². The van der Waals surface area contributed by atoms with Crippen molar-refractivity contribution in [2.75, 3.05) is 14.1 Å². The molecule has 0 spiro atoms. The van der Waals surface area contributed by atoms with Gasteiger partial charge in [-0.2, -0.15) is 0 Å². The van der Waals surface area contributed by atoms with E-state index in [1.807, 2.05) is 24.3 Å². The summed E-state index contributed by atoms with van der Waals surface area (Å²) in [6.45, 7) is 4.35. The number of amides is 1. The molecule has 0 aliphatic heterocycles. The third-order valence-corrected chi connectivity index (χ3v) is 9.22. The number of hydrogen-bond donors (Lipinski definition) is 3. The lowest BCUT2D eigenvalue weighted by molar-refractivity contribution is -0.181. The maximum Gasteiger partial charge on any atom is 0.235 e. The average molecular weight is 561 g/mol. The molecule has 1 amide bonds. The van der Waals surface area contributed by atoms with Gasteiger partial charge < -0.3 is 15.9 Å². The van der Waals surface area contributed by atoms with Crippen molar-refractivity contribution in [3.05, 3.63) is 53.1 Å². The molecule has 5 rings (SSSR count). The van der Waals surface area contributed by atoms with E-state index in [4.69, 9.17) is 5.73 Å². The summed E-state index contributed by atoms with van der Waals surface area (Å²) in [4.78, 5) is 68.1. The Morgan fingerprint density at radius 1 is 1.05 bits per heavy atom. The number of phenols is 1. The third kappa shape index (κ3) is 4.42. The smallest absolute Gasteiger partial charge is 0.235 e. The predicted octanol–water partition coefficient (Wildman–Crippen LogP) is 2.12. The van der Waals surface area contributed by atoms with Crippen molar-refractivity contribution >= 4 is 29.0 Å². The molecule has 3 aliphatic carbocycles. The SMILES string of the molecule is CC(C)CCc1ccc(-c2ccc(O)c3c2C[C@@H]2C[C@@H]4C(N(C)C)C(=O)C(C(N)=O)C(=O)[C@]4(O)C(=O)C2C3=O)cc1. The zero-order valence-electron chi connectivity index (χ0n) is 23.7. The van der Waals surface area contributed by atoms with Crippen molar-refractivity contribution in [3.8, 4) is 16.9 Å². The quantitative estimate of drug-likeness (QED) is 0.454. The Bertz CT molecular complexity index is 1460. The van der Waals surface area contributed by atoms with Gasteiger partial charge in [0.05, 0.1) is 17.5 Å². The number of rotatable bonds is 6. The maximum absolute atomic E-state index is 13.9. The molecule has 4 N–H and O–H groups in total. The summed E-state index contributed by atoms with van der Waals surface area (Å²) in [5.74, 6) is -9.85.